The number of aliphatic hydroxyl groups excluding tert-OH is 1. The fourth-order valence-corrected chi connectivity index (χ4v) is 3.50. The number of methoxy groups -OCH3 is 1. The minimum absolute atomic E-state index is 0.0704. The molecular formula is C25H22O3. The summed E-state index contributed by atoms with van der Waals surface area (Å²) in [7, 11) is 1.66. The van der Waals surface area contributed by atoms with Crippen molar-refractivity contribution in [2.75, 3.05) is 7.11 Å². The second kappa shape index (κ2) is 8.15. The Labute approximate surface area is 164 Å². The Morgan fingerprint density at radius 3 is 2.29 bits per heavy atom. The van der Waals surface area contributed by atoms with Gasteiger partial charge in [0.2, 0.25) is 0 Å². The zero-order chi connectivity index (χ0) is 19.3. The van der Waals surface area contributed by atoms with Crippen LogP contribution in [0.15, 0.2) is 84.9 Å². The van der Waals surface area contributed by atoms with Crippen molar-refractivity contribution in [1.82, 2.24) is 0 Å². The second-order valence-corrected chi connectivity index (χ2v) is 6.62. The first-order chi connectivity index (χ1) is 13.8. The Kier molecular flexibility index (Phi) is 5.27. The zero-order valence-corrected chi connectivity index (χ0v) is 15.8. The lowest BCUT2D eigenvalue weighted by Gasteiger charge is -2.17. The molecule has 4 aromatic rings. The van der Waals surface area contributed by atoms with E-state index in [0.29, 0.717) is 6.61 Å². The molecule has 0 heterocycles. The lowest BCUT2D eigenvalue weighted by atomic mass is 9.92. The summed E-state index contributed by atoms with van der Waals surface area (Å²) in [5, 5.41) is 12.2. The van der Waals surface area contributed by atoms with Gasteiger partial charge in [0.05, 0.1) is 13.7 Å². The van der Waals surface area contributed by atoms with Gasteiger partial charge in [-0.05, 0) is 45.8 Å². The number of rotatable bonds is 6. The number of hydrogen-bond acceptors (Lipinski definition) is 3. The largest absolute Gasteiger partial charge is 0.497 e. The molecule has 0 saturated carbocycles. The van der Waals surface area contributed by atoms with E-state index >= 15 is 0 Å². The Morgan fingerprint density at radius 1 is 0.786 bits per heavy atom. The summed E-state index contributed by atoms with van der Waals surface area (Å²) in [5.74, 6) is 1.56. The molecule has 0 atom stereocenters. The minimum Gasteiger partial charge on any atom is -0.497 e. The van der Waals surface area contributed by atoms with E-state index in [2.05, 4.69) is 12.1 Å². The number of aliphatic hydroxyl groups is 1. The first-order valence-electron chi connectivity index (χ1n) is 9.27. The molecule has 0 fully saturated rings. The summed E-state index contributed by atoms with van der Waals surface area (Å²) in [5.41, 5.74) is 3.95. The molecule has 3 nitrogen and oxygen atoms in total. The Balaban J connectivity index is 1.83. The minimum atomic E-state index is -0.0704. The average molecular weight is 370 g/mol. The van der Waals surface area contributed by atoms with Crippen molar-refractivity contribution in [2.45, 2.75) is 13.2 Å². The molecule has 28 heavy (non-hydrogen) atoms. The van der Waals surface area contributed by atoms with E-state index in [0.717, 1.165) is 44.5 Å². The standard InChI is InChI=1S/C25H22O3/c1-27-21-11-7-10-19(14-21)25-20(16-26)15-24(22-12-5-6-13-23(22)25)28-17-18-8-3-2-4-9-18/h2-15,26H,16-17H2,1H3. The van der Waals surface area contributed by atoms with Gasteiger partial charge >= 0.3 is 0 Å². The van der Waals surface area contributed by atoms with E-state index in [9.17, 15) is 5.11 Å². The maximum Gasteiger partial charge on any atom is 0.128 e. The summed E-state index contributed by atoms with van der Waals surface area (Å²) in [6, 6.07) is 28.1. The van der Waals surface area contributed by atoms with E-state index in [1.54, 1.807) is 7.11 Å². The van der Waals surface area contributed by atoms with Crippen molar-refractivity contribution >= 4 is 10.8 Å². The van der Waals surface area contributed by atoms with Crippen molar-refractivity contribution in [1.29, 1.82) is 0 Å². The van der Waals surface area contributed by atoms with Crippen molar-refractivity contribution in [3.8, 4) is 22.6 Å². The highest BCUT2D eigenvalue weighted by Gasteiger charge is 2.15. The first-order valence-corrected chi connectivity index (χ1v) is 9.27. The van der Waals surface area contributed by atoms with E-state index in [1.165, 1.54) is 0 Å². The van der Waals surface area contributed by atoms with Crippen molar-refractivity contribution < 1.29 is 14.6 Å². The lowest BCUT2D eigenvalue weighted by molar-refractivity contribution is 0.279. The second-order valence-electron chi connectivity index (χ2n) is 6.62. The van der Waals surface area contributed by atoms with Gasteiger partial charge in [-0.1, -0.05) is 66.7 Å². The van der Waals surface area contributed by atoms with Crippen LogP contribution in [-0.4, -0.2) is 12.2 Å². The SMILES string of the molecule is COc1cccc(-c2c(CO)cc(OCc3ccccc3)c3ccccc23)c1. The van der Waals surface area contributed by atoms with Gasteiger partial charge in [-0.15, -0.1) is 0 Å². The molecule has 0 aliphatic rings. The first kappa shape index (κ1) is 18.1. The molecule has 140 valence electrons. The molecule has 0 saturated heterocycles. The molecule has 0 aliphatic carbocycles. The normalized spacial score (nSPS) is 10.8. The summed E-state index contributed by atoms with van der Waals surface area (Å²) in [6.07, 6.45) is 0. The molecular weight excluding hydrogens is 348 g/mol. The monoisotopic (exact) mass is 370 g/mol. The van der Waals surface area contributed by atoms with E-state index < -0.39 is 0 Å². The molecule has 0 spiro atoms. The smallest absolute Gasteiger partial charge is 0.128 e. The van der Waals surface area contributed by atoms with Gasteiger partial charge in [0.1, 0.15) is 18.1 Å². The maximum absolute atomic E-state index is 10.1. The number of benzene rings is 4. The molecule has 1 N–H and O–H groups in total. The van der Waals surface area contributed by atoms with E-state index in [-0.39, 0.29) is 6.61 Å². The Morgan fingerprint density at radius 2 is 1.54 bits per heavy atom. The number of ether oxygens (including phenoxy) is 2. The molecule has 0 aromatic heterocycles. The molecule has 0 radical (unpaired) electrons. The summed E-state index contributed by atoms with van der Waals surface area (Å²) < 4.78 is 11.5. The molecule has 4 aromatic carbocycles. The summed E-state index contributed by atoms with van der Waals surface area (Å²) in [4.78, 5) is 0. The molecule has 0 unspecified atom stereocenters. The van der Waals surface area contributed by atoms with Gasteiger partial charge in [-0.25, -0.2) is 0 Å². The van der Waals surface area contributed by atoms with E-state index in [4.69, 9.17) is 9.47 Å². The average Bonchev–Trinajstić information content (AvgIpc) is 2.77. The van der Waals surface area contributed by atoms with Crippen LogP contribution in [0.3, 0.4) is 0 Å². The van der Waals surface area contributed by atoms with Crippen LogP contribution in [0, 0.1) is 0 Å². The number of fused-ring (bicyclic) bond motifs is 1. The molecule has 4 rings (SSSR count). The Bertz CT molecular complexity index is 1090. The van der Waals surface area contributed by atoms with Gasteiger partial charge in [0.25, 0.3) is 0 Å². The highest BCUT2D eigenvalue weighted by Crippen LogP contribution is 2.39. The molecule has 3 heteroatoms. The van der Waals surface area contributed by atoms with Crippen molar-refractivity contribution in [3.05, 3.63) is 96.1 Å². The summed E-state index contributed by atoms with van der Waals surface area (Å²) >= 11 is 0. The van der Waals surface area contributed by atoms with Gasteiger partial charge in [-0.3, -0.25) is 0 Å². The van der Waals surface area contributed by atoms with Crippen molar-refractivity contribution in [3.63, 3.8) is 0 Å². The van der Waals surface area contributed by atoms with Gasteiger partial charge in [0.15, 0.2) is 0 Å². The third-order valence-corrected chi connectivity index (χ3v) is 4.85. The van der Waals surface area contributed by atoms with Gasteiger partial charge < -0.3 is 14.6 Å². The highest BCUT2D eigenvalue weighted by atomic mass is 16.5. The topological polar surface area (TPSA) is 38.7 Å². The fourth-order valence-electron chi connectivity index (χ4n) is 3.50. The van der Waals surface area contributed by atoms with Crippen LogP contribution < -0.4 is 9.47 Å². The van der Waals surface area contributed by atoms with Crippen LogP contribution in [0.1, 0.15) is 11.1 Å². The predicted molar refractivity (Wildman–Crippen MR) is 113 cm³/mol. The van der Waals surface area contributed by atoms with Gasteiger partial charge in [0, 0.05) is 5.39 Å². The quantitative estimate of drug-likeness (QED) is 0.481. The van der Waals surface area contributed by atoms with Crippen LogP contribution in [0.25, 0.3) is 21.9 Å². The third kappa shape index (κ3) is 3.57. The Hall–Kier alpha value is -3.30. The highest BCUT2D eigenvalue weighted by molar-refractivity contribution is 6.01. The van der Waals surface area contributed by atoms with Crippen molar-refractivity contribution in [2.24, 2.45) is 0 Å². The fraction of sp³-hybridized carbons (Fsp3) is 0.120. The predicted octanol–water partition coefficient (Wildman–Crippen LogP) is 5.59. The van der Waals surface area contributed by atoms with Gasteiger partial charge in [-0.2, -0.15) is 0 Å². The number of hydrogen-bond donors (Lipinski definition) is 1. The summed E-state index contributed by atoms with van der Waals surface area (Å²) in [6.45, 7) is 0.410. The molecule has 0 bridgehead atoms. The molecule has 0 amide bonds. The molecule has 0 aliphatic heterocycles. The maximum atomic E-state index is 10.1. The zero-order valence-electron chi connectivity index (χ0n) is 15.8. The van der Waals surface area contributed by atoms with Crippen LogP contribution >= 0.6 is 0 Å². The van der Waals surface area contributed by atoms with Crippen LogP contribution in [-0.2, 0) is 13.2 Å². The van der Waals surface area contributed by atoms with Crippen LogP contribution in [0.2, 0.25) is 0 Å². The van der Waals surface area contributed by atoms with E-state index in [1.807, 2.05) is 72.8 Å². The lowest BCUT2D eigenvalue weighted by Crippen LogP contribution is -1.99. The third-order valence-electron chi connectivity index (χ3n) is 4.85. The van der Waals surface area contributed by atoms with Crippen LogP contribution in [0.4, 0.5) is 0 Å². The van der Waals surface area contributed by atoms with Crippen LogP contribution in [0.5, 0.6) is 11.5 Å².